The van der Waals surface area contributed by atoms with Crippen LogP contribution in [0.1, 0.15) is 32.6 Å². The third-order valence-electron chi connectivity index (χ3n) is 1.41. The lowest BCUT2D eigenvalue weighted by atomic mass is 10.1. The van der Waals surface area contributed by atoms with E-state index < -0.39 is 12.0 Å². The van der Waals surface area contributed by atoms with E-state index in [0.29, 0.717) is 6.42 Å². The summed E-state index contributed by atoms with van der Waals surface area (Å²) < 4.78 is 0. The Morgan fingerprint density at radius 3 is 2.60 bits per heavy atom. The van der Waals surface area contributed by atoms with E-state index in [2.05, 4.69) is 6.92 Å². The molecule has 0 aromatic carbocycles. The number of carbonyl (C=O) groups is 1. The van der Waals surface area contributed by atoms with Crippen molar-refractivity contribution < 1.29 is 9.90 Å². The van der Waals surface area contributed by atoms with Gasteiger partial charge in [-0.1, -0.05) is 26.2 Å². The maximum absolute atomic E-state index is 10.3. The summed E-state index contributed by atoms with van der Waals surface area (Å²) in [6, 6.07) is 0. The molecular formula is C7H15NO2. The molecule has 0 aromatic rings. The lowest BCUT2D eigenvalue weighted by Gasteiger charge is -2.03. The van der Waals surface area contributed by atoms with Crippen LogP contribution in [0.4, 0.5) is 0 Å². The van der Waals surface area contributed by atoms with Crippen molar-refractivity contribution in [1.29, 1.82) is 0 Å². The molecule has 3 heteroatoms. The molecule has 0 fully saturated rings. The zero-order valence-corrected chi connectivity index (χ0v) is 6.34. The first kappa shape index (κ1) is 9.43. The van der Waals surface area contributed by atoms with Gasteiger partial charge < -0.3 is 10.8 Å². The van der Waals surface area contributed by atoms with Gasteiger partial charge in [-0.2, -0.15) is 0 Å². The van der Waals surface area contributed by atoms with Crippen molar-refractivity contribution >= 4 is 5.91 Å². The highest BCUT2D eigenvalue weighted by Gasteiger charge is 2.08. The second-order valence-electron chi connectivity index (χ2n) is 2.41. The van der Waals surface area contributed by atoms with E-state index in [-0.39, 0.29) is 0 Å². The Kier molecular flexibility index (Phi) is 4.94. The second kappa shape index (κ2) is 5.23. The first-order valence-electron chi connectivity index (χ1n) is 3.66. The zero-order chi connectivity index (χ0) is 7.98. The van der Waals surface area contributed by atoms with Crippen LogP contribution >= 0.6 is 0 Å². The molecule has 0 bridgehead atoms. The molecule has 1 atom stereocenters. The minimum absolute atomic E-state index is 0.503. The van der Waals surface area contributed by atoms with Gasteiger partial charge in [0.15, 0.2) is 0 Å². The summed E-state index contributed by atoms with van der Waals surface area (Å²) in [6.07, 6.45) is 2.58. The van der Waals surface area contributed by atoms with Crippen molar-refractivity contribution in [2.45, 2.75) is 38.7 Å². The number of primary amides is 1. The van der Waals surface area contributed by atoms with Gasteiger partial charge in [0, 0.05) is 0 Å². The minimum Gasteiger partial charge on any atom is -0.383 e. The van der Waals surface area contributed by atoms with E-state index in [1.807, 2.05) is 0 Å². The van der Waals surface area contributed by atoms with Gasteiger partial charge in [0.2, 0.25) is 5.91 Å². The summed E-state index contributed by atoms with van der Waals surface area (Å²) in [7, 11) is 0. The number of carbonyl (C=O) groups excluding carboxylic acids is 1. The largest absolute Gasteiger partial charge is 0.383 e. The molecule has 0 saturated heterocycles. The van der Waals surface area contributed by atoms with Crippen LogP contribution in [-0.4, -0.2) is 17.1 Å². The molecule has 1 amide bonds. The summed E-state index contributed by atoms with van der Waals surface area (Å²) >= 11 is 0. The van der Waals surface area contributed by atoms with Crippen LogP contribution in [0.5, 0.6) is 0 Å². The lowest BCUT2D eigenvalue weighted by Crippen LogP contribution is -2.27. The number of unbranched alkanes of at least 4 members (excludes halogenated alkanes) is 2. The number of amides is 1. The van der Waals surface area contributed by atoms with E-state index in [1.54, 1.807) is 0 Å². The molecule has 1 unspecified atom stereocenters. The van der Waals surface area contributed by atoms with Crippen LogP contribution in [0.3, 0.4) is 0 Å². The van der Waals surface area contributed by atoms with Crippen molar-refractivity contribution in [3.63, 3.8) is 0 Å². The van der Waals surface area contributed by atoms with Gasteiger partial charge >= 0.3 is 0 Å². The smallest absolute Gasteiger partial charge is 0.246 e. The minimum atomic E-state index is -0.938. The monoisotopic (exact) mass is 145 g/mol. The Morgan fingerprint density at radius 2 is 2.20 bits per heavy atom. The molecule has 60 valence electrons. The number of rotatable bonds is 5. The number of aliphatic hydroxyl groups is 1. The lowest BCUT2D eigenvalue weighted by molar-refractivity contribution is -0.126. The van der Waals surface area contributed by atoms with Gasteiger partial charge in [-0.05, 0) is 6.42 Å². The van der Waals surface area contributed by atoms with Crippen LogP contribution in [0.15, 0.2) is 0 Å². The van der Waals surface area contributed by atoms with Crippen molar-refractivity contribution in [2.75, 3.05) is 0 Å². The quantitative estimate of drug-likeness (QED) is 0.550. The van der Waals surface area contributed by atoms with E-state index >= 15 is 0 Å². The molecule has 0 aliphatic heterocycles. The van der Waals surface area contributed by atoms with Crippen molar-refractivity contribution in [3.05, 3.63) is 0 Å². The summed E-state index contributed by atoms with van der Waals surface area (Å²) in [4.78, 5) is 10.3. The molecule has 0 rings (SSSR count). The van der Waals surface area contributed by atoms with E-state index in [4.69, 9.17) is 10.8 Å². The number of hydrogen-bond acceptors (Lipinski definition) is 2. The van der Waals surface area contributed by atoms with E-state index in [9.17, 15) is 4.79 Å². The van der Waals surface area contributed by atoms with Gasteiger partial charge in [-0.3, -0.25) is 4.79 Å². The summed E-state index contributed by atoms with van der Waals surface area (Å²) in [5.41, 5.74) is 4.83. The van der Waals surface area contributed by atoms with Crippen LogP contribution in [0.2, 0.25) is 0 Å². The molecule has 3 N–H and O–H groups in total. The Bertz CT molecular complexity index is 104. The first-order chi connectivity index (χ1) is 4.68. The van der Waals surface area contributed by atoms with Gasteiger partial charge in [-0.15, -0.1) is 0 Å². The van der Waals surface area contributed by atoms with Crippen LogP contribution in [0.25, 0.3) is 0 Å². The van der Waals surface area contributed by atoms with Gasteiger partial charge in [0.05, 0.1) is 0 Å². The van der Waals surface area contributed by atoms with E-state index in [0.717, 1.165) is 19.3 Å². The van der Waals surface area contributed by atoms with Crippen LogP contribution in [-0.2, 0) is 4.79 Å². The highest BCUT2D eigenvalue weighted by atomic mass is 16.3. The maximum atomic E-state index is 10.3. The molecule has 0 saturated carbocycles. The van der Waals surface area contributed by atoms with Gasteiger partial charge in [-0.25, -0.2) is 0 Å². The third kappa shape index (κ3) is 4.32. The van der Waals surface area contributed by atoms with Crippen LogP contribution < -0.4 is 5.73 Å². The number of hydrogen-bond donors (Lipinski definition) is 2. The van der Waals surface area contributed by atoms with Crippen molar-refractivity contribution in [2.24, 2.45) is 5.73 Å². The molecular weight excluding hydrogens is 130 g/mol. The normalized spacial score (nSPS) is 13.0. The molecule has 0 aromatic heterocycles. The summed E-state index contributed by atoms with van der Waals surface area (Å²) in [5.74, 6) is -0.615. The Balaban J connectivity index is 3.21. The fraction of sp³-hybridized carbons (Fsp3) is 0.857. The number of nitrogens with two attached hydrogens (primary N) is 1. The molecule has 0 aliphatic rings. The topological polar surface area (TPSA) is 63.3 Å². The Hall–Kier alpha value is -0.570. The molecule has 0 heterocycles. The van der Waals surface area contributed by atoms with Gasteiger partial charge in [0.1, 0.15) is 6.10 Å². The average molecular weight is 145 g/mol. The van der Waals surface area contributed by atoms with Crippen LogP contribution in [0, 0.1) is 0 Å². The maximum Gasteiger partial charge on any atom is 0.246 e. The molecule has 10 heavy (non-hydrogen) atoms. The third-order valence-corrected chi connectivity index (χ3v) is 1.41. The standard InChI is InChI=1S/C7H15NO2/c1-2-3-4-5-6(9)7(8)10/h6,9H,2-5H2,1H3,(H2,8,10). The predicted molar refractivity (Wildman–Crippen MR) is 39.3 cm³/mol. The Morgan fingerprint density at radius 1 is 1.60 bits per heavy atom. The van der Waals surface area contributed by atoms with Crippen molar-refractivity contribution in [3.8, 4) is 0 Å². The zero-order valence-electron chi connectivity index (χ0n) is 6.34. The second-order valence-corrected chi connectivity index (χ2v) is 2.41. The SMILES string of the molecule is CCCCCC(O)C(N)=O. The van der Waals surface area contributed by atoms with Crippen molar-refractivity contribution in [1.82, 2.24) is 0 Å². The number of aliphatic hydroxyl groups excluding tert-OH is 1. The summed E-state index contributed by atoms with van der Waals surface area (Å²) in [6.45, 7) is 2.07. The highest BCUT2D eigenvalue weighted by Crippen LogP contribution is 2.01. The fourth-order valence-electron chi connectivity index (χ4n) is 0.730. The summed E-state index contributed by atoms with van der Waals surface area (Å²) in [5, 5.41) is 8.88. The predicted octanol–water partition coefficient (Wildman–Crippen LogP) is 0.413. The fourth-order valence-corrected chi connectivity index (χ4v) is 0.730. The molecule has 3 nitrogen and oxygen atoms in total. The molecule has 0 aliphatic carbocycles. The molecule has 0 radical (unpaired) electrons. The average Bonchev–Trinajstić information content (AvgIpc) is 1.88. The first-order valence-corrected chi connectivity index (χ1v) is 3.66. The Labute approximate surface area is 61.2 Å². The highest BCUT2D eigenvalue weighted by molar-refractivity contribution is 5.78. The van der Waals surface area contributed by atoms with E-state index in [1.165, 1.54) is 0 Å². The molecule has 0 spiro atoms. The van der Waals surface area contributed by atoms with Gasteiger partial charge in [0.25, 0.3) is 0 Å².